The molecule has 1 aliphatic heterocycles. The van der Waals surface area contributed by atoms with Crippen molar-refractivity contribution in [3.05, 3.63) is 53.6 Å². The largest absolute Gasteiger partial charge is 0.399 e. The van der Waals surface area contributed by atoms with Crippen molar-refractivity contribution >= 4 is 17.1 Å². The topological polar surface area (TPSA) is 29.3 Å². The Morgan fingerprint density at radius 1 is 1.05 bits per heavy atom. The van der Waals surface area contributed by atoms with Crippen LogP contribution in [0.15, 0.2) is 42.5 Å². The fourth-order valence-corrected chi connectivity index (χ4v) is 2.58. The van der Waals surface area contributed by atoms with Gasteiger partial charge in [0.15, 0.2) is 0 Å². The zero-order valence-electron chi connectivity index (χ0n) is 10.3. The molecule has 0 aromatic heterocycles. The second-order valence-corrected chi connectivity index (χ2v) is 4.65. The third kappa shape index (κ3) is 2.03. The highest BCUT2D eigenvalue weighted by Crippen LogP contribution is 2.39. The normalized spacial score (nSPS) is 13.9. The van der Waals surface area contributed by atoms with Gasteiger partial charge in [0.2, 0.25) is 0 Å². The third-order valence-corrected chi connectivity index (χ3v) is 3.46. The SMILES string of the molecule is Nc1ccc(N2CCc3ccccc32)c(C(F)F)c1. The Bertz CT molecular complexity index is 611. The number of rotatable bonds is 2. The summed E-state index contributed by atoms with van der Waals surface area (Å²) in [6.45, 7) is 0.725. The van der Waals surface area contributed by atoms with Gasteiger partial charge in [-0.05, 0) is 36.2 Å². The number of hydrogen-bond donors (Lipinski definition) is 1. The fourth-order valence-electron chi connectivity index (χ4n) is 2.58. The molecule has 0 unspecified atom stereocenters. The lowest BCUT2D eigenvalue weighted by molar-refractivity contribution is 0.152. The number of para-hydroxylation sites is 1. The second-order valence-electron chi connectivity index (χ2n) is 4.65. The highest BCUT2D eigenvalue weighted by molar-refractivity contribution is 5.73. The summed E-state index contributed by atoms with van der Waals surface area (Å²) in [5, 5.41) is 0. The van der Waals surface area contributed by atoms with Crippen LogP contribution in [0.2, 0.25) is 0 Å². The number of halogens is 2. The first-order valence-corrected chi connectivity index (χ1v) is 6.20. The number of nitrogens with zero attached hydrogens (tertiary/aromatic N) is 1. The lowest BCUT2D eigenvalue weighted by Crippen LogP contribution is -2.15. The average Bonchev–Trinajstić information content (AvgIpc) is 2.82. The van der Waals surface area contributed by atoms with E-state index in [9.17, 15) is 8.78 Å². The molecule has 0 spiro atoms. The van der Waals surface area contributed by atoms with Crippen molar-refractivity contribution < 1.29 is 8.78 Å². The van der Waals surface area contributed by atoms with E-state index in [0.717, 1.165) is 18.7 Å². The van der Waals surface area contributed by atoms with E-state index in [0.29, 0.717) is 11.4 Å². The minimum Gasteiger partial charge on any atom is -0.399 e. The lowest BCUT2D eigenvalue weighted by atomic mass is 10.1. The van der Waals surface area contributed by atoms with Crippen molar-refractivity contribution in [1.82, 2.24) is 0 Å². The highest BCUT2D eigenvalue weighted by Gasteiger charge is 2.24. The van der Waals surface area contributed by atoms with Crippen molar-refractivity contribution in [1.29, 1.82) is 0 Å². The van der Waals surface area contributed by atoms with Gasteiger partial charge in [-0.2, -0.15) is 0 Å². The van der Waals surface area contributed by atoms with Crippen LogP contribution in [0.25, 0.3) is 0 Å². The van der Waals surface area contributed by atoms with Gasteiger partial charge in [-0.15, -0.1) is 0 Å². The first-order valence-electron chi connectivity index (χ1n) is 6.20. The smallest absolute Gasteiger partial charge is 0.265 e. The fraction of sp³-hybridized carbons (Fsp3) is 0.200. The zero-order chi connectivity index (χ0) is 13.4. The maximum atomic E-state index is 13.2. The van der Waals surface area contributed by atoms with Crippen LogP contribution in [-0.2, 0) is 6.42 Å². The molecule has 1 heterocycles. The van der Waals surface area contributed by atoms with Crippen LogP contribution in [0.5, 0.6) is 0 Å². The maximum Gasteiger partial charge on any atom is 0.265 e. The molecule has 0 radical (unpaired) electrons. The maximum absolute atomic E-state index is 13.2. The molecule has 1 aliphatic rings. The number of anilines is 3. The molecular formula is C15H14F2N2. The molecule has 98 valence electrons. The van der Waals surface area contributed by atoms with Gasteiger partial charge < -0.3 is 10.6 Å². The summed E-state index contributed by atoms with van der Waals surface area (Å²) in [5.74, 6) is 0. The van der Waals surface area contributed by atoms with Gasteiger partial charge in [-0.3, -0.25) is 0 Å². The number of nitrogen functional groups attached to an aromatic ring is 1. The predicted octanol–water partition coefficient (Wildman–Crippen LogP) is 3.90. The van der Waals surface area contributed by atoms with E-state index in [1.54, 1.807) is 12.1 Å². The Kier molecular flexibility index (Phi) is 2.85. The van der Waals surface area contributed by atoms with Crippen LogP contribution >= 0.6 is 0 Å². The number of alkyl halides is 2. The Morgan fingerprint density at radius 3 is 2.63 bits per heavy atom. The summed E-state index contributed by atoms with van der Waals surface area (Å²) in [4.78, 5) is 1.94. The van der Waals surface area contributed by atoms with Crippen molar-refractivity contribution in [3.63, 3.8) is 0 Å². The first-order chi connectivity index (χ1) is 9.16. The molecular weight excluding hydrogens is 246 g/mol. The van der Waals surface area contributed by atoms with E-state index < -0.39 is 6.43 Å². The lowest BCUT2D eigenvalue weighted by Gasteiger charge is -2.23. The van der Waals surface area contributed by atoms with E-state index in [2.05, 4.69) is 0 Å². The molecule has 0 saturated carbocycles. The molecule has 19 heavy (non-hydrogen) atoms. The summed E-state index contributed by atoms with van der Waals surface area (Å²) >= 11 is 0. The van der Waals surface area contributed by atoms with Crippen molar-refractivity contribution in [2.45, 2.75) is 12.8 Å². The van der Waals surface area contributed by atoms with Gasteiger partial charge in [0, 0.05) is 23.5 Å². The van der Waals surface area contributed by atoms with Gasteiger partial charge in [-0.25, -0.2) is 8.78 Å². The molecule has 0 bridgehead atoms. The molecule has 0 fully saturated rings. The molecule has 4 heteroatoms. The molecule has 2 nitrogen and oxygen atoms in total. The van der Waals surface area contributed by atoms with Crippen LogP contribution in [0.3, 0.4) is 0 Å². The number of benzene rings is 2. The quantitative estimate of drug-likeness (QED) is 0.830. The van der Waals surface area contributed by atoms with Gasteiger partial charge in [0.25, 0.3) is 6.43 Å². The van der Waals surface area contributed by atoms with Crippen LogP contribution in [0, 0.1) is 0 Å². The standard InChI is InChI=1S/C15H14F2N2/c16-15(17)12-9-11(18)5-6-14(12)19-8-7-10-3-1-2-4-13(10)19/h1-6,9,15H,7-8,18H2. The van der Waals surface area contributed by atoms with Gasteiger partial charge in [0.05, 0.1) is 5.69 Å². The average molecular weight is 260 g/mol. The number of nitrogens with two attached hydrogens (primary N) is 1. The summed E-state index contributed by atoms with van der Waals surface area (Å²) < 4.78 is 26.3. The minimum absolute atomic E-state index is 0.00305. The highest BCUT2D eigenvalue weighted by atomic mass is 19.3. The van der Waals surface area contributed by atoms with E-state index in [1.807, 2.05) is 29.2 Å². The molecule has 2 aromatic carbocycles. The van der Waals surface area contributed by atoms with Crippen LogP contribution in [0.1, 0.15) is 17.6 Å². The van der Waals surface area contributed by atoms with Gasteiger partial charge >= 0.3 is 0 Å². The molecule has 2 aromatic rings. The Hall–Kier alpha value is -2.10. The van der Waals surface area contributed by atoms with Crippen LogP contribution in [0.4, 0.5) is 25.8 Å². The van der Waals surface area contributed by atoms with E-state index in [1.165, 1.54) is 11.6 Å². The minimum atomic E-state index is -2.52. The predicted molar refractivity (Wildman–Crippen MR) is 73.0 cm³/mol. The van der Waals surface area contributed by atoms with Gasteiger partial charge in [-0.1, -0.05) is 18.2 Å². The molecule has 0 aliphatic carbocycles. The molecule has 0 saturated heterocycles. The van der Waals surface area contributed by atoms with Crippen LogP contribution in [-0.4, -0.2) is 6.54 Å². The van der Waals surface area contributed by atoms with Crippen LogP contribution < -0.4 is 10.6 Å². The summed E-state index contributed by atoms with van der Waals surface area (Å²) in [6.07, 6.45) is -1.64. The van der Waals surface area contributed by atoms with Crippen molar-refractivity contribution in [2.75, 3.05) is 17.2 Å². The second kappa shape index (κ2) is 4.53. The molecule has 0 atom stereocenters. The monoisotopic (exact) mass is 260 g/mol. The summed E-state index contributed by atoms with van der Waals surface area (Å²) in [7, 11) is 0. The molecule has 0 amide bonds. The van der Waals surface area contributed by atoms with E-state index in [-0.39, 0.29) is 5.56 Å². The Labute approximate surface area is 110 Å². The van der Waals surface area contributed by atoms with E-state index >= 15 is 0 Å². The number of hydrogen-bond acceptors (Lipinski definition) is 2. The Morgan fingerprint density at radius 2 is 1.84 bits per heavy atom. The number of fused-ring (bicyclic) bond motifs is 1. The van der Waals surface area contributed by atoms with Crippen molar-refractivity contribution in [3.8, 4) is 0 Å². The zero-order valence-corrected chi connectivity index (χ0v) is 10.3. The molecule has 3 rings (SSSR count). The third-order valence-electron chi connectivity index (χ3n) is 3.46. The van der Waals surface area contributed by atoms with E-state index in [4.69, 9.17) is 5.73 Å². The van der Waals surface area contributed by atoms with Crippen molar-refractivity contribution in [2.24, 2.45) is 0 Å². The van der Waals surface area contributed by atoms with Gasteiger partial charge in [0.1, 0.15) is 0 Å². The first kappa shape index (κ1) is 12.0. The summed E-state index contributed by atoms with van der Waals surface area (Å²) in [6, 6.07) is 12.6. The summed E-state index contributed by atoms with van der Waals surface area (Å²) in [5.41, 5.74) is 8.72. The Balaban J connectivity index is 2.09. The molecule has 2 N–H and O–H groups in total.